The van der Waals surface area contributed by atoms with Crippen LogP contribution in [-0.2, 0) is 24.5 Å². The van der Waals surface area contributed by atoms with Gasteiger partial charge < -0.3 is 20.4 Å². The van der Waals surface area contributed by atoms with Gasteiger partial charge in [0.2, 0.25) is 0 Å². The van der Waals surface area contributed by atoms with E-state index >= 15 is 0 Å². The highest BCUT2D eigenvalue weighted by atomic mass is 32.2. The molecule has 0 saturated carbocycles. The molecule has 3 fully saturated rings. The Labute approximate surface area is 194 Å². The topological polar surface area (TPSA) is 121 Å². The molecule has 2 atom stereocenters. The molecule has 3 aliphatic rings. The van der Waals surface area contributed by atoms with E-state index in [0.29, 0.717) is 39.1 Å². The molecule has 1 aromatic carbocycles. The fourth-order valence-corrected chi connectivity index (χ4v) is 7.21. The summed E-state index contributed by atoms with van der Waals surface area (Å²) in [5, 5.41) is 0. The van der Waals surface area contributed by atoms with E-state index in [-0.39, 0.29) is 23.5 Å². The van der Waals surface area contributed by atoms with Crippen molar-refractivity contribution in [1.82, 2.24) is 4.90 Å². The van der Waals surface area contributed by atoms with Gasteiger partial charge in [-0.15, -0.1) is 0 Å². The predicted octanol–water partition coefficient (Wildman–Crippen LogP) is 0.0193. The van der Waals surface area contributed by atoms with Crippen LogP contribution in [-0.4, -0.2) is 96.2 Å². The normalized spacial score (nSPS) is 26.2. The van der Waals surface area contributed by atoms with Gasteiger partial charge in [-0.1, -0.05) is 0 Å². The molecule has 0 aromatic heterocycles. The monoisotopic (exact) mass is 502 g/mol. The highest BCUT2D eigenvalue weighted by Crippen LogP contribution is 2.41. The molecule has 4 rings (SSSR count). The Kier molecular flexibility index (Phi) is 6.62. The molecule has 1 spiro atoms. The quantitative estimate of drug-likeness (QED) is 0.578. The molecular weight excluding hydrogens is 471 g/mol. The number of nitrogens with zero attached hydrogens (tertiary/aromatic N) is 3. The smallest absolute Gasteiger partial charge is 0.278 e. The first kappa shape index (κ1) is 24.2. The number of likely N-dealkylation sites (tertiary alicyclic amines) is 1. The highest BCUT2D eigenvalue weighted by molar-refractivity contribution is 7.92. The second-order valence-electron chi connectivity index (χ2n) is 9.31. The van der Waals surface area contributed by atoms with Gasteiger partial charge in [0.05, 0.1) is 17.3 Å². The second kappa shape index (κ2) is 9.03. The van der Waals surface area contributed by atoms with E-state index in [0.717, 1.165) is 24.3 Å². The fourth-order valence-electron chi connectivity index (χ4n) is 5.02. The zero-order valence-electron chi connectivity index (χ0n) is 18.5. The summed E-state index contributed by atoms with van der Waals surface area (Å²) in [4.78, 5) is 18.1. The molecule has 9 nitrogen and oxygen atoms in total. The number of hydrogen-bond donors (Lipinski definition) is 1. The molecule has 0 bridgehead atoms. The van der Waals surface area contributed by atoms with Gasteiger partial charge in [0.1, 0.15) is 0 Å². The number of alkyl halides is 1. The van der Waals surface area contributed by atoms with Crippen LogP contribution in [0.2, 0.25) is 0 Å². The lowest BCUT2D eigenvalue weighted by atomic mass is 9.86. The number of carbonyl (C=O) groups is 1. The minimum Gasteiger partial charge on any atom is -0.371 e. The summed E-state index contributed by atoms with van der Waals surface area (Å²) in [5.74, 6) is -1.18. The maximum atomic E-state index is 14.4. The van der Waals surface area contributed by atoms with Crippen LogP contribution in [0.3, 0.4) is 0 Å². The van der Waals surface area contributed by atoms with Crippen LogP contribution in [0.1, 0.15) is 12.8 Å². The molecule has 1 amide bonds. The van der Waals surface area contributed by atoms with Crippen molar-refractivity contribution in [2.75, 3.05) is 72.9 Å². The molecule has 3 saturated heterocycles. The van der Waals surface area contributed by atoms with E-state index in [4.69, 9.17) is 5.73 Å². The van der Waals surface area contributed by atoms with Crippen molar-refractivity contribution < 1.29 is 26.0 Å². The Balaban J connectivity index is 1.36. The minimum atomic E-state index is -4.19. The molecular formula is C21H31FN4O5S2. The Hall–Kier alpha value is -1.92. The summed E-state index contributed by atoms with van der Waals surface area (Å²) in [6, 6.07) is 8.04. The zero-order valence-corrected chi connectivity index (χ0v) is 20.2. The van der Waals surface area contributed by atoms with Gasteiger partial charge in [-0.05, 0) is 37.1 Å². The average Bonchev–Trinajstić information content (AvgIpc) is 3.40. The van der Waals surface area contributed by atoms with E-state index < -0.39 is 36.8 Å². The van der Waals surface area contributed by atoms with Crippen molar-refractivity contribution in [3.05, 3.63) is 24.3 Å². The second-order valence-corrected chi connectivity index (χ2v) is 13.8. The van der Waals surface area contributed by atoms with Gasteiger partial charge >= 0.3 is 0 Å². The summed E-state index contributed by atoms with van der Waals surface area (Å²) in [6.45, 7) is 2.98. The van der Waals surface area contributed by atoms with Crippen molar-refractivity contribution in [1.29, 1.82) is 0 Å². The Morgan fingerprint density at radius 2 is 1.58 bits per heavy atom. The van der Waals surface area contributed by atoms with Gasteiger partial charge in [-0.25, -0.2) is 21.2 Å². The Bertz CT molecular complexity index is 1080. The number of hydrogen-bond acceptors (Lipinski definition) is 8. The van der Waals surface area contributed by atoms with Crippen LogP contribution in [0.5, 0.6) is 0 Å². The van der Waals surface area contributed by atoms with Crippen LogP contribution < -0.4 is 15.5 Å². The molecule has 3 heterocycles. The van der Waals surface area contributed by atoms with Gasteiger partial charge in [-0.3, -0.25) is 4.79 Å². The van der Waals surface area contributed by atoms with Crippen molar-refractivity contribution in [2.45, 2.75) is 18.3 Å². The highest BCUT2D eigenvalue weighted by Gasteiger charge is 2.47. The molecule has 12 heteroatoms. The number of benzene rings is 1. The lowest BCUT2D eigenvalue weighted by Crippen LogP contribution is -2.42. The number of carbonyl (C=O) groups excluding carboxylic acids is 1. The predicted molar refractivity (Wildman–Crippen MR) is 126 cm³/mol. The molecule has 2 unspecified atom stereocenters. The van der Waals surface area contributed by atoms with Gasteiger partial charge in [0.15, 0.2) is 19.7 Å². The third kappa shape index (κ3) is 5.12. The van der Waals surface area contributed by atoms with E-state index in [9.17, 15) is 26.0 Å². The third-order valence-corrected chi connectivity index (χ3v) is 10.3. The SMILES string of the molecule is NCCS(=O)(=O)C(F)C(=O)N1CCC2(CCN(c3ccc(N4CCS(=O)(=O)CC4)cc3)C2)C1. The summed E-state index contributed by atoms with van der Waals surface area (Å²) in [6.07, 6.45) is 1.55. The van der Waals surface area contributed by atoms with Crippen molar-refractivity contribution >= 4 is 37.0 Å². The average molecular weight is 503 g/mol. The van der Waals surface area contributed by atoms with Crippen LogP contribution >= 0.6 is 0 Å². The van der Waals surface area contributed by atoms with E-state index in [1.54, 1.807) is 0 Å². The van der Waals surface area contributed by atoms with Crippen molar-refractivity contribution in [2.24, 2.45) is 11.1 Å². The molecule has 0 radical (unpaired) electrons. The van der Waals surface area contributed by atoms with Gasteiger partial charge in [-0.2, -0.15) is 0 Å². The van der Waals surface area contributed by atoms with Gasteiger partial charge in [0, 0.05) is 62.6 Å². The van der Waals surface area contributed by atoms with E-state index in [2.05, 4.69) is 9.80 Å². The van der Waals surface area contributed by atoms with Crippen LogP contribution in [0, 0.1) is 5.41 Å². The number of sulfone groups is 2. The lowest BCUT2D eigenvalue weighted by Gasteiger charge is -2.29. The van der Waals surface area contributed by atoms with Gasteiger partial charge in [0.25, 0.3) is 11.4 Å². The number of nitrogens with two attached hydrogens (primary N) is 1. The van der Waals surface area contributed by atoms with Crippen LogP contribution in [0.25, 0.3) is 0 Å². The molecule has 1 aromatic rings. The first-order chi connectivity index (χ1) is 15.5. The first-order valence-electron chi connectivity index (χ1n) is 11.2. The number of halogens is 1. The molecule has 33 heavy (non-hydrogen) atoms. The maximum absolute atomic E-state index is 14.4. The molecule has 2 N–H and O–H groups in total. The number of anilines is 2. The molecule has 3 aliphatic heterocycles. The molecule has 184 valence electrons. The third-order valence-electron chi connectivity index (χ3n) is 7.02. The van der Waals surface area contributed by atoms with Crippen molar-refractivity contribution in [3.8, 4) is 0 Å². The number of amides is 1. The van der Waals surface area contributed by atoms with Crippen LogP contribution in [0.15, 0.2) is 24.3 Å². The van der Waals surface area contributed by atoms with E-state index in [1.807, 2.05) is 24.3 Å². The zero-order chi connectivity index (χ0) is 23.9. The van der Waals surface area contributed by atoms with Crippen LogP contribution in [0.4, 0.5) is 15.8 Å². The molecule has 0 aliphatic carbocycles. The van der Waals surface area contributed by atoms with E-state index in [1.165, 1.54) is 4.90 Å². The summed E-state index contributed by atoms with van der Waals surface area (Å²) < 4.78 is 61.5. The standard InChI is InChI=1S/C21H31FN4O5S2/c22-19(33(30,31)12-7-23)20(27)26-9-6-21(16-26)5-8-25(15-21)18-3-1-17(2-4-18)24-10-13-32(28,29)14-11-24/h1-4,19H,5-16,23H2. The summed E-state index contributed by atoms with van der Waals surface area (Å²) in [5.41, 5.74) is 4.54. The Morgan fingerprint density at radius 3 is 2.18 bits per heavy atom. The fraction of sp³-hybridized carbons (Fsp3) is 0.667. The summed E-state index contributed by atoms with van der Waals surface area (Å²) in [7, 11) is -7.11. The lowest BCUT2D eigenvalue weighted by molar-refractivity contribution is -0.132. The minimum absolute atomic E-state index is 0.172. The maximum Gasteiger partial charge on any atom is 0.278 e. The first-order valence-corrected chi connectivity index (χ1v) is 14.7. The summed E-state index contributed by atoms with van der Waals surface area (Å²) >= 11 is 0. The number of rotatable bonds is 6. The Morgan fingerprint density at radius 1 is 1.00 bits per heavy atom. The van der Waals surface area contributed by atoms with Crippen molar-refractivity contribution in [3.63, 3.8) is 0 Å². The largest absolute Gasteiger partial charge is 0.371 e.